The van der Waals surface area contributed by atoms with Crippen molar-refractivity contribution in [1.29, 1.82) is 0 Å². The summed E-state index contributed by atoms with van der Waals surface area (Å²) >= 11 is 0. The van der Waals surface area contributed by atoms with Gasteiger partial charge >= 0.3 is 5.97 Å². The largest absolute Gasteiger partial charge is 0.465 e. The molecule has 0 bridgehead atoms. The van der Waals surface area contributed by atoms with Gasteiger partial charge in [-0.1, -0.05) is 46.5 Å². The number of rotatable bonds is 9. The molecule has 0 aromatic carbocycles. The summed E-state index contributed by atoms with van der Waals surface area (Å²) in [5.74, 6) is 0.488. The fraction of sp³-hybridized carbons (Fsp3) is 0.846. The molecule has 0 heterocycles. The van der Waals surface area contributed by atoms with E-state index in [4.69, 9.17) is 4.74 Å². The Kier molecular flexibility index (Phi) is 9.65. The van der Waals surface area contributed by atoms with Gasteiger partial charge in [-0.15, -0.1) is 0 Å². The van der Waals surface area contributed by atoms with Gasteiger partial charge in [0.05, 0.1) is 6.61 Å². The van der Waals surface area contributed by atoms with Gasteiger partial charge in [0, 0.05) is 6.42 Å². The van der Waals surface area contributed by atoms with Crippen molar-refractivity contribution in [1.82, 2.24) is 0 Å². The summed E-state index contributed by atoms with van der Waals surface area (Å²) in [5.41, 5.74) is 0. The van der Waals surface area contributed by atoms with Gasteiger partial charge in [-0.25, -0.2) is 0 Å². The molecule has 15 heavy (non-hydrogen) atoms. The fourth-order valence-corrected chi connectivity index (χ4v) is 1.45. The van der Waals surface area contributed by atoms with Crippen molar-refractivity contribution in [2.45, 2.75) is 58.8 Å². The molecular weight excluding hydrogens is 188 g/mol. The van der Waals surface area contributed by atoms with Gasteiger partial charge in [0.1, 0.15) is 0 Å². The molecule has 1 radical (unpaired) electrons. The number of esters is 1. The van der Waals surface area contributed by atoms with Gasteiger partial charge in [0.15, 0.2) is 0 Å². The van der Waals surface area contributed by atoms with Crippen molar-refractivity contribution in [3.05, 3.63) is 6.92 Å². The number of carbonyl (C=O) groups is 1. The van der Waals surface area contributed by atoms with E-state index < -0.39 is 0 Å². The first kappa shape index (κ1) is 14.5. The Balaban J connectivity index is 3.55. The topological polar surface area (TPSA) is 26.3 Å². The van der Waals surface area contributed by atoms with E-state index >= 15 is 0 Å². The summed E-state index contributed by atoms with van der Waals surface area (Å²) in [5, 5.41) is 0. The Morgan fingerprint density at radius 2 is 2.07 bits per heavy atom. The van der Waals surface area contributed by atoms with E-state index in [1.54, 1.807) is 0 Å². The molecule has 0 N–H and O–H groups in total. The van der Waals surface area contributed by atoms with E-state index in [1.165, 1.54) is 19.3 Å². The van der Waals surface area contributed by atoms with E-state index in [9.17, 15) is 4.79 Å². The third kappa shape index (κ3) is 8.46. The summed E-state index contributed by atoms with van der Waals surface area (Å²) < 4.78 is 5.23. The second-order valence-corrected chi connectivity index (χ2v) is 4.06. The van der Waals surface area contributed by atoms with Crippen molar-refractivity contribution in [3.63, 3.8) is 0 Å². The highest BCUT2D eigenvalue weighted by molar-refractivity contribution is 5.69. The van der Waals surface area contributed by atoms with Crippen LogP contribution in [-0.4, -0.2) is 12.6 Å². The molecule has 0 rings (SSSR count). The summed E-state index contributed by atoms with van der Waals surface area (Å²) in [6.45, 7) is 8.65. The van der Waals surface area contributed by atoms with Crippen LogP contribution in [0.3, 0.4) is 0 Å². The van der Waals surface area contributed by atoms with Gasteiger partial charge < -0.3 is 4.74 Å². The number of unbranched alkanes of at least 4 members (excludes halogenated alkanes) is 2. The predicted octanol–water partition coefficient (Wildman–Crippen LogP) is 3.75. The number of carbonyl (C=O) groups excluding carboxylic acids is 1. The molecular formula is C13H25O2. The third-order valence-corrected chi connectivity index (χ3v) is 2.65. The normalized spacial score (nSPS) is 12.5. The molecule has 0 saturated carbocycles. The van der Waals surface area contributed by atoms with Crippen LogP contribution in [0.5, 0.6) is 0 Å². The Labute approximate surface area is 94.4 Å². The van der Waals surface area contributed by atoms with Crippen LogP contribution < -0.4 is 0 Å². The maximum absolute atomic E-state index is 11.2. The second-order valence-electron chi connectivity index (χ2n) is 4.06. The summed E-state index contributed by atoms with van der Waals surface area (Å²) in [6, 6.07) is 0. The standard InChI is InChI=1S/C13H25O2/c1-4-7-9-12(6-3)11-15-13(14)10-8-5-2/h12H,2,4-11H2,1,3H3. The van der Waals surface area contributed by atoms with Crippen LogP contribution in [0.4, 0.5) is 0 Å². The van der Waals surface area contributed by atoms with E-state index in [1.807, 2.05) is 0 Å². The van der Waals surface area contributed by atoms with Crippen LogP contribution in [-0.2, 0) is 9.53 Å². The molecule has 0 saturated heterocycles. The summed E-state index contributed by atoms with van der Waals surface area (Å²) in [7, 11) is 0. The number of hydrogen-bond donors (Lipinski definition) is 0. The maximum atomic E-state index is 11.2. The van der Waals surface area contributed by atoms with Crippen LogP contribution in [0.15, 0.2) is 0 Å². The predicted molar refractivity (Wildman–Crippen MR) is 63.5 cm³/mol. The van der Waals surface area contributed by atoms with Gasteiger partial charge in [0.25, 0.3) is 0 Å². The molecule has 1 unspecified atom stereocenters. The minimum Gasteiger partial charge on any atom is -0.465 e. The molecule has 0 aromatic rings. The Bertz CT molecular complexity index is 155. The van der Waals surface area contributed by atoms with Crippen LogP contribution in [0.25, 0.3) is 0 Å². The Morgan fingerprint density at radius 3 is 2.60 bits per heavy atom. The fourth-order valence-electron chi connectivity index (χ4n) is 1.45. The average molecular weight is 213 g/mol. The van der Waals surface area contributed by atoms with Crippen molar-refractivity contribution in [2.75, 3.05) is 6.61 Å². The molecule has 0 spiro atoms. The van der Waals surface area contributed by atoms with Crippen molar-refractivity contribution in [2.24, 2.45) is 5.92 Å². The highest BCUT2D eigenvalue weighted by Gasteiger charge is 2.09. The minimum atomic E-state index is -0.0615. The minimum absolute atomic E-state index is 0.0615. The lowest BCUT2D eigenvalue weighted by atomic mass is 10.0. The first-order valence-electron chi connectivity index (χ1n) is 6.19. The SMILES string of the molecule is [CH2]CCCC(=O)OCC(CC)CCCC. The molecule has 0 aromatic heterocycles. The van der Waals surface area contributed by atoms with E-state index in [0.29, 0.717) is 18.9 Å². The lowest BCUT2D eigenvalue weighted by Crippen LogP contribution is -2.13. The molecule has 89 valence electrons. The zero-order chi connectivity index (χ0) is 11.5. The van der Waals surface area contributed by atoms with Gasteiger partial charge in [-0.3, -0.25) is 4.79 Å². The zero-order valence-electron chi connectivity index (χ0n) is 10.3. The van der Waals surface area contributed by atoms with E-state index in [0.717, 1.165) is 19.3 Å². The van der Waals surface area contributed by atoms with Crippen molar-refractivity contribution >= 4 is 5.97 Å². The molecule has 0 aliphatic heterocycles. The monoisotopic (exact) mass is 213 g/mol. The summed E-state index contributed by atoms with van der Waals surface area (Å²) in [4.78, 5) is 11.2. The van der Waals surface area contributed by atoms with Gasteiger partial charge in [-0.2, -0.15) is 0 Å². The second kappa shape index (κ2) is 10.0. The highest BCUT2D eigenvalue weighted by atomic mass is 16.5. The highest BCUT2D eigenvalue weighted by Crippen LogP contribution is 2.13. The number of ether oxygens (including phenoxy) is 1. The van der Waals surface area contributed by atoms with Crippen LogP contribution in [0.1, 0.15) is 58.8 Å². The van der Waals surface area contributed by atoms with Crippen LogP contribution >= 0.6 is 0 Å². The van der Waals surface area contributed by atoms with Gasteiger partial charge in [-0.05, 0) is 18.8 Å². The molecule has 1 atom stereocenters. The first-order chi connectivity index (χ1) is 7.24. The van der Waals surface area contributed by atoms with Crippen molar-refractivity contribution in [3.8, 4) is 0 Å². The number of hydrogen-bond acceptors (Lipinski definition) is 2. The lowest BCUT2D eigenvalue weighted by Gasteiger charge is -2.14. The van der Waals surface area contributed by atoms with Gasteiger partial charge in [0.2, 0.25) is 0 Å². The first-order valence-corrected chi connectivity index (χ1v) is 6.19. The smallest absolute Gasteiger partial charge is 0.305 e. The van der Waals surface area contributed by atoms with Crippen molar-refractivity contribution < 1.29 is 9.53 Å². The zero-order valence-corrected chi connectivity index (χ0v) is 10.3. The summed E-state index contributed by atoms with van der Waals surface area (Å²) in [6.07, 6.45) is 6.89. The van der Waals surface area contributed by atoms with E-state index in [-0.39, 0.29) is 5.97 Å². The molecule has 0 fully saturated rings. The maximum Gasteiger partial charge on any atom is 0.305 e. The molecule has 2 nitrogen and oxygen atoms in total. The Hall–Kier alpha value is -0.530. The average Bonchev–Trinajstić information content (AvgIpc) is 2.26. The molecule has 0 amide bonds. The quantitative estimate of drug-likeness (QED) is 0.545. The third-order valence-electron chi connectivity index (χ3n) is 2.65. The van der Waals surface area contributed by atoms with E-state index in [2.05, 4.69) is 20.8 Å². The van der Waals surface area contributed by atoms with Crippen LogP contribution in [0, 0.1) is 12.8 Å². The Morgan fingerprint density at radius 1 is 1.33 bits per heavy atom. The molecule has 2 heteroatoms. The van der Waals surface area contributed by atoms with Crippen LogP contribution in [0.2, 0.25) is 0 Å². The molecule has 0 aliphatic carbocycles. The molecule has 0 aliphatic rings. The lowest BCUT2D eigenvalue weighted by molar-refractivity contribution is -0.145.